The molecule has 0 aliphatic heterocycles. The van der Waals surface area contributed by atoms with Crippen LogP contribution >= 0.6 is 0 Å². The zero-order valence-corrected chi connectivity index (χ0v) is 36.2. The van der Waals surface area contributed by atoms with Crippen LogP contribution in [0.2, 0.25) is 0 Å². The smallest absolute Gasteiger partial charge is 0.416 e. The molecule has 0 atom stereocenters. The minimum Gasteiger partial charge on any atom is -0.465 e. The van der Waals surface area contributed by atoms with Crippen LogP contribution in [0.1, 0.15) is 43.2 Å². The maximum Gasteiger partial charge on any atom is 0.416 e. The summed E-state index contributed by atoms with van der Waals surface area (Å²) in [5.41, 5.74) is -8.11. The van der Waals surface area contributed by atoms with Crippen LogP contribution in [-0.4, -0.2) is 74.1 Å². The van der Waals surface area contributed by atoms with Crippen molar-refractivity contribution in [2.75, 3.05) is 35.7 Å². The van der Waals surface area contributed by atoms with Gasteiger partial charge in [-0.15, -0.1) is 0 Å². The average molecular weight is 1010 g/mol. The monoisotopic (exact) mass is 1010 g/mol. The van der Waals surface area contributed by atoms with Crippen molar-refractivity contribution in [1.82, 2.24) is 4.98 Å². The molecule has 4 N–H and O–H groups in total. The molecule has 0 bridgehead atoms. The number of hydrazone groups is 2. The molecule has 31 heteroatoms. The van der Waals surface area contributed by atoms with Gasteiger partial charge in [-0.25, -0.2) is 9.59 Å². The molecule has 1 aromatic heterocycles. The fraction of sp³-hybridized carbons (Fsp3) is 0.146. The Hall–Kier alpha value is -9.97. The SMILES string of the molecule is COC(=O)c1cc(C(=O)OC)c(C/C(=N/Nc2ccc([N+](=O)[O-])cc2[N+](=O)[O-])C(=O)Nc2cccc(C(F)(F)F)c2)nc1C/C(=N/Nc1ccc([N+](=O)[O-])cc1[N+](=O)[O-])C(=O)Nc1cccc(C(F)(F)F)c1. The van der Waals surface area contributed by atoms with Crippen LogP contribution in [0.15, 0.2) is 101 Å². The van der Waals surface area contributed by atoms with E-state index in [1.165, 1.54) is 0 Å². The third-order valence-electron chi connectivity index (χ3n) is 9.48. The van der Waals surface area contributed by atoms with Gasteiger partial charge < -0.3 is 20.1 Å². The molecule has 0 unspecified atom stereocenters. The van der Waals surface area contributed by atoms with E-state index in [9.17, 15) is 86.0 Å². The quantitative estimate of drug-likeness (QED) is 0.0215. The number of non-ortho nitro benzene ring substituents is 2. The molecule has 2 amide bonds. The summed E-state index contributed by atoms with van der Waals surface area (Å²) < 4.78 is 91.4. The first kappa shape index (κ1) is 53.0. The second-order valence-electron chi connectivity index (χ2n) is 14.2. The normalized spacial score (nSPS) is 11.7. The molecule has 374 valence electrons. The number of methoxy groups -OCH3 is 2. The van der Waals surface area contributed by atoms with Crippen LogP contribution in [-0.2, 0) is 44.3 Å². The van der Waals surface area contributed by atoms with E-state index in [-0.39, 0.29) is 0 Å². The Labute approximate surface area is 396 Å². The summed E-state index contributed by atoms with van der Waals surface area (Å²) in [6.07, 6.45) is -11.9. The molecule has 0 saturated heterocycles. The highest BCUT2D eigenvalue weighted by Gasteiger charge is 2.33. The number of ether oxygens (including phenoxy) is 2. The number of hydrogen-bond donors (Lipinski definition) is 4. The third kappa shape index (κ3) is 13.2. The maximum atomic E-state index is 14.0. The first-order valence-electron chi connectivity index (χ1n) is 19.5. The fourth-order valence-corrected chi connectivity index (χ4v) is 6.06. The number of anilines is 4. The number of nitrogens with zero attached hydrogens (tertiary/aromatic N) is 7. The van der Waals surface area contributed by atoms with E-state index in [0.29, 0.717) is 36.4 Å². The number of carbonyl (C=O) groups excluding carboxylic acids is 4. The topological polar surface area (TPSA) is 345 Å². The molecule has 0 saturated carbocycles. The Balaban J connectivity index is 1.71. The molecule has 25 nitrogen and oxygen atoms in total. The van der Waals surface area contributed by atoms with Gasteiger partial charge in [0.2, 0.25) is 0 Å². The number of nitro benzene ring substituents is 4. The van der Waals surface area contributed by atoms with Gasteiger partial charge in [0, 0.05) is 36.3 Å². The second-order valence-corrected chi connectivity index (χ2v) is 14.2. The lowest BCUT2D eigenvalue weighted by Crippen LogP contribution is -2.29. The Bertz CT molecular complexity index is 2910. The maximum absolute atomic E-state index is 14.0. The summed E-state index contributed by atoms with van der Waals surface area (Å²) in [6.45, 7) is 0. The summed E-state index contributed by atoms with van der Waals surface area (Å²) >= 11 is 0. The summed E-state index contributed by atoms with van der Waals surface area (Å²) in [6, 6.07) is 11.3. The van der Waals surface area contributed by atoms with Crippen LogP contribution in [0.4, 0.5) is 71.8 Å². The van der Waals surface area contributed by atoms with Crippen molar-refractivity contribution in [1.29, 1.82) is 0 Å². The molecule has 0 radical (unpaired) electrons. The Kier molecular flexibility index (Phi) is 16.2. The highest BCUT2D eigenvalue weighted by atomic mass is 19.4. The first-order chi connectivity index (χ1) is 33.8. The number of carbonyl (C=O) groups is 4. The van der Waals surface area contributed by atoms with Crippen molar-refractivity contribution in [2.24, 2.45) is 10.2 Å². The third-order valence-corrected chi connectivity index (χ3v) is 9.48. The zero-order valence-electron chi connectivity index (χ0n) is 36.2. The molecule has 4 aromatic carbocycles. The van der Waals surface area contributed by atoms with E-state index in [0.717, 1.165) is 68.8 Å². The summed E-state index contributed by atoms with van der Waals surface area (Å²) in [5, 5.41) is 58.5. The molecule has 0 aliphatic rings. The van der Waals surface area contributed by atoms with E-state index in [4.69, 9.17) is 9.47 Å². The van der Waals surface area contributed by atoms with Crippen LogP contribution < -0.4 is 21.5 Å². The molecule has 0 fully saturated rings. The van der Waals surface area contributed by atoms with Gasteiger partial charge >= 0.3 is 35.7 Å². The number of nitrogens with one attached hydrogen (secondary N) is 4. The van der Waals surface area contributed by atoms with Crippen LogP contribution in [0, 0.1) is 40.5 Å². The Morgan fingerprint density at radius 1 is 0.556 bits per heavy atom. The molecular weight excluding hydrogens is 985 g/mol. The van der Waals surface area contributed by atoms with Crippen LogP contribution in [0.25, 0.3) is 0 Å². The average Bonchev–Trinajstić information content (AvgIpc) is 3.32. The number of benzene rings is 4. The summed E-state index contributed by atoms with van der Waals surface area (Å²) in [4.78, 5) is 101. The van der Waals surface area contributed by atoms with Gasteiger partial charge in [0.05, 0.1) is 79.7 Å². The number of alkyl halides is 6. The molecule has 0 aliphatic carbocycles. The van der Waals surface area contributed by atoms with Crippen molar-refractivity contribution >= 4 is 80.7 Å². The van der Waals surface area contributed by atoms with Crippen molar-refractivity contribution in [3.05, 3.63) is 165 Å². The number of hydrogen-bond acceptors (Lipinski definition) is 19. The standard InChI is InChI=1S/C41H29F6N11O14/c1-71-38(61)26-17-27(39(62)72-2)31(19-33(37(60)49-23-8-4-6-21(14-23)41(45,46)47)54-52-29-12-10-25(56(65)66)16-35(29)58(69)70)50-30(26)18-32(36(59)48-22-7-3-5-20(13-22)40(42,43)44)53-51-28-11-9-24(55(63)64)15-34(28)57(67)68/h3-17,51-52H,18-19H2,1-2H3,(H,48,59)(H,49,60)/b53-32-,54-33-. The molecular formula is C41H29F6N11O14. The predicted octanol–water partition coefficient (Wildman–Crippen LogP) is 7.62. The van der Waals surface area contributed by atoms with E-state index in [2.05, 4.69) is 36.7 Å². The fourth-order valence-electron chi connectivity index (χ4n) is 6.06. The molecule has 5 rings (SSSR count). The van der Waals surface area contributed by atoms with Gasteiger partial charge in [-0.3, -0.25) is 65.9 Å². The Morgan fingerprint density at radius 3 is 1.25 bits per heavy atom. The van der Waals surface area contributed by atoms with E-state index < -0.39 is 159 Å². The van der Waals surface area contributed by atoms with Crippen molar-refractivity contribution in [2.45, 2.75) is 25.2 Å². The van der Waals surface area contributed by atoms with E-state index >= 15 is 0 Å². The molecule has 5 aromatic rings. The minimum absolute atomic E-state index is 0.500. The van der Waals surface area contributed by atoms with E-state index in [1.54, 1.807) is 0 Å². The number of esters is 2. The number of halogens is 6. The molecule has 72 heavy (non-hydrogen) atoms. The summed E-state index contributed by atoms with van der Waals surface area (Å²) in [7, 11) is 1.71. The predicted molar refractivity (Wildman–Crippen MR) is 236 cm³/mol. The lowest BCUT2D eigenvalue weighted by molar-refractivity contribution is -0.393. The van der Waals surface area contributed by atoms with E-state index in [1.807, 2.05) is 0 Å². The lowest BCUT2D eigenvalue weighted by atomic mass is 10.00. The zero-order chi connectivity index (χ0) is 53.2. The number of aromatic nitrogens is 1. The van der Waals surface area contributed by atoms with Gasteiger partial charge in [-0.1, -0.05) is 12.1 Å². The van der Waals surface area contributed by atoms with Gasteiger partial charge in [0.25, 0.3) is 23.2 Å². The highest BCUT2D eigenvalue weighted by Crippen LogP contribution is 2.34. The number of nitro groups is 4. The van der Waals surface area contributed by atoms with Crippen molar-refractivity contribution < 1.29 is 74.7 Å². The van der Waals surface area contributed by atoms with Gasteiger partial charge in [-0.2, -0.15) is 36.5 Å². The lowest BCUT2D eigenvalue weighted by Gasteiger charge is -2.16. The number of amides is 2. The van der Waals surface area contributed by atoms with Crippen molar-refractivity contribution in [3.8, 4) is 0 Å². The highest BCUT2D eigenvalue weighted by molar-refractivity contribution is 6.44. The Morgan fingerprint density at radius 2 is 0.931 bits per heavy atom. The van der Waals surface area contributed by atoms with Gasteiger partial charge in [0.15, 0.2) is 0 Å². The molecule has 0 spiro atoms. The van der Waals surface area contributed by atoms with Gasteiger partial charge in [-0.05, 0) is 54.6 Å². The van der Waals surface area contributed by atoms with Crippen LogP contribution in [0.3, 0.4) is 0 Å². The second kappa shape index (κ2) is 22.0. The summed E-state index contributed by atoms with van der Waals surface area (Å²) in [5.74, 6) is -5.37. The number of rotatable bonds is 18. The molecule has 1 heterocycles. The first-order valence-corrected chi connectivity index (χ1v) is 19.5. The largest absolute Gasteiger partial charge is 0.465 e. The van der Waals surface area contributed by atoms with Crippen molar-refractivity contribution in [3.63, 3.8) is 0 Å². The minimum atomic E-state index is -4.91. The van der Waals surface area contributed by atoms with Gasteiger partial charge in [0.1, 0.15) is 22.8 Å². The van der Waals surface area contributed by atoms with Crippen LogP contribution in [0.5, 0.6) is 0 Å². The number of pyridine rings is 1.